The molecule has 2 atom stereocenters. The van der Waals surface area contributed by atoms with Gasteiger partial charge in [0, 0.05) is 12.3 Å². The number of hydrogen-bond acceptors (Lipinski definition) is 2. The van der Waals surface area contributed by atoms with Gasteiger partial charge in [0.25, 0.3) is 0 Å². The fourth-order valence-corrected chi connectivity index (χ4v) is 3.72. The number of carbonyl (C=O) groups is 1. The molecule has 4 heteroatoms. The van der Waals surface area contributed by atoms with Gasteiger partial charge < -0.3 is 28.5 Å². The Morgan fingerprint density at radius 2 is 2.18 bits per heavy atom. The van der Waals surface area contributed by atoms with Gasteiger partial charge >= 0.3 is 0 Å². The van der Waals surface area contributed by atoms with E-state index in [2.05, 4.69) is 20.9 Å². The summed E-state index contributed by atoms with van der Waals surface area (Å²) in [5.74, 6) is 1.86. The zero-order valence-electron chi connectivity index (χ0n) is 11.4. The molecule has 0 aromatic rings. The van der Waals surface area contributed by atoms with E-state index in [0.29, 0.717) is 5.12 Å². The predicted molar refractivity (Wildman–Crippen MR) is 71.6 cm³/mol. The van der Waals surface area contributed by atoms with Crippen molar-refractivity contribution in [1.29, 1.82) is 0 Å². The van der Waals surface area contributed by atoms with Crippen molar-refractivity contribution in [3.8, 4) is 0 Å². The van der Waals surface area contributed by atoms with E-state index in [1.54, 1.807) is 0 Å². The summed E-state index contributed by atoms with van der Waals surface area (Å²) < 4.78 is 1.17. The Bertz CT molecular complexity index is 237. The van der Waals surface area contributed by atoms with Crippen molar-refractivity contribution in [2.24, 2.45) is 5.92 Å². The van der Waals surface area contributed by atoms with Crippen LogP contribution in [0.5, 0.6) is 0 Å². The molecule has 0 N–H and O–H groups in total. The smallest absolute Gasteiger partial charge is 0.189 e. The van der Waals surface area contributed by atoms with Gasteiger partial charge in [-0.3, -0.25) is 4.79 Å². The second kappa shape index (κ2) is 8.75. The van der Waals surface area contributed by atoms with Crippen molar-refractivity contribution < 1.29 is 33.3 Å². The summed E-state index contributed by atoms with van der Waals surface area (Å²) in [6.45, 7) is 8.17. The molecule has 1 fully saturated rings. The average molecular weight is 371 g/mol. The van der Waals surface area contributed by atoms with Crippen LogP contribution in [0.1, 0.15) is 39.5 Å². The van der Waals surface area contributed by atoms with Crippen LogP contribution in [0.15, 0.2) is 0 Å². The standard InChI is InChI=1S/C13H26NOS.HI/c1-4-6-13(15)16-10-9-14(3)8-5-7-12(2)11-14;/h12H,4-11H2,1-3H3;1H/q+1;/p-1. The second-order valence-corrected chi connectivity index (χ2v) is 6.62. The monoisotopic (exact) mass is 371 g/mol. The first-order valence-electron chi connectivity index (χ1n) is 6.55. The van der Waals surface area contributed by atoms with Crippen LogP contribution < -0.4 is 24.0 Å². The average Bonchev–Trinajstić information content (AvgIpc) is 2.17. The molecule has 0 radical (unpaired) electrons. The first kappa shape index (κ1) is 17.7. The molecule has 1 aliphatic rings. The van der Waals surface area contributed by atoms with Crippen molar-refractivity contribution in [3.63, 3.8) is 0 Å². The Kier molecular flexibility index (Phi) is 9.12. The Balaban J connectivity index is 0.00000256. The van der Waals surface area contributed by atoms with Gasteiger partial charge in [-0.25, -0.2) is 0 Å². The number of quaternary nitrogens is 1. The third kappa shape index (κ3) is 7.01. The van der Waals surface area contributed by atoms with E-state index in [1.807, 2.05) is 0 Å². The van der Waals surface area contributed by atoms with Gasteiger partial charge in [-0.2, -0.15) is 0 Å². The lowest BCUT2D eigenvalue weighted by molar-refractivity contribution is -0.915. The van der Waals surface area contributed by atoms with E-state index in [9.17, 15) is 4.79 Å². The molecule has 1 aliphatic heterocycles. The van der Waals surface area contributed by atoms with Gasteiger partial charge in [0.2, 0.25) is 0 Å². The summed E-state index contributed by atoms with van der Waals surface area (Å²) in [4.78, 5) is 11.4. The Morgan fingerprint density at radius 3 is 2.76 bits per heavy atom. The maximum absolute atomic E-state index is 11.4. The quantitative estimate of drug-likeness (QED) is 0.497. The van der Waals surface area contributed by atoms with E-state index >= 15 is 0 Å². The lowest BCUT2D eigenvalue weighted by Crippen LogP contribution is -3.00. The molecule has 0 amide bonds. The number of thioether (sulfide) groups is 1. The topological polar surface area (TPSA) is 17.1 Å². The third-order valence-electron chi connectivity index (χ3n) is 3.50. The maximum atomic E-state index is 11.4. The lowest BCUT2D eigenvalue weighted by atomic mass is 9.98. The van der Waals surface area contributed by atoms with Gasteiger partial charge in [0.1, 0.15) is 0 Å². The fourth-order valence-electron chi connectivity index (χ4n) is 2.62. The van der Waals surface area contributed by atoms with Crippen LogP contribution in [0.2, 0.25) is 0 Å². The first-order valence-corrected chi connectivity index (χ1v) is 7.53. The van der Waals surface area contributed by atoms with Gasteiger partial charge in [0.15, 0.2) is 5.12 Å². The maximum Gasteiger partial charge on any atom is 0.189 e. The molecule has 102 valence electrons. The number of likely N-dealkylation sites (tertiary alicyclic amines) is 1. The zero-order valence-corrected chi connectivity index (χ0v) is 14.3. The molecule has 0 bridgehead atoms. The van der Waals surface area contributed by atoms with Crippen molar-refractivity contribution in [2.75, 3.05) is 32.4 Å². The van der Waals surface area contributed by atoms with E-state index in [-0.39, 0.29) is 24.0 Å². The number of halogens is 1. The predicted octanol–water partition coefficient (Wildman–Crippen LogP) is -0.0732. The Hall–Kier alpha value is 0.710. The molecular weight excluding hydrogens is 345 g/mol. The molecule has 2 nitrogen and oxygen atoms in total. The molecule has 0 spiro atoms. The largest absolute Gasteiger partial charge is 1.00 e. The van der Waals surface area contributed by atoms with Gasteiger partial charge in [-0.05, 0) is 19.3 Å². The summed E-state index contributed by atoms with van der Waals surface area (Å²) in [7, 11) is 2.35. The molecule has 0 saturated carbocycles. The van der Waals surface area contributed by atoms with Crippen LogP contribution in [-0.4, -0.2) is 42.0 Å². The van der Waals surface area contributed by atoms with Crippen LogP contribution in [0.3, 0.4) is 0 Å². The van der Waals surface area contributed by atoms with Crippen molar-refractivity contribution >= 4 is 16.9 Å². The number of carbonyl (C=O) groups excluding carboxylic acids is 1. The first-order chi connectivity index (χ1) is 7.56. The zero-order chi connectivity index (χ0) is 12.0. The van der Waals surface area contributed by atoms with Crippen LogP contribution in [0, 0.1) is 5.92 Å². The van der Waals surface area contributed by atoms with Gasteiger partial charge in [-0.1, -0.05) is 25.6 Å². The number of hydrogen-bond donors (Lipinski definition) is 0. The second-order valence-electron chi connectivity index (χ2n) is 5.47. The lowest BCUT2D eigenvalue weighted by Gasteiger charge is -2.40. The highest BCUT2D eigenvalue weighted by atomic mass is 127. The minimum absolute atomic E-state index is 0. The normalized spacial score (nSPS) is 28.5. The minimum Gasteiger partial charge on any atom is -1.00 e. The fraction of sp³-hybridized carbons (Fsp3) is 0.923. The molecular formula is C13H26INOS. The highest BCUT2D eigenvalue weighted by Crippen LogP contribution is 2.22. The summed E-state index contributed by atoms with van der Waals surface area (Å²) in [6.07, 6.45) is 4.46. The highest BCUT2D eigenvalue weighted by molar-refractivity contribution is 8.13. The molecule has 17 heavy (non-hydrogen) atoms. The Labute approximate surface area is 128 Å². The SMILES string of the molecule is CCCC(=O)SCC[N+]1(C)CCCC(C)C1.[I-]. The van der Waals surface area contributed by atoms with E-state index in [0.717, 1.165) is 31.1 Å². The van der Waals surface area contributed by atoms with Crippen molar-refractivity contribution in [2.45, 2.75) is 39.5 Å². The Morgan fingerprint density at radius 1 is 1.47 bits per heavy atom. The molecule has 1 rings (SSSR count). The van der Waals surface area contributed by atoms with Crippen LogP contribution in [0.4, 0.5) is 0 Å². The van der Waals surface area contributed by atoms with Crippen LogP contribution >= 0.6 is 11.8 Å². The third-order valence-corrected chi connectivity index (χ3v) is 4.41. The summed E-state index contributed by atoms with van der Waals surface area (Å²) >= 11 is 1.54. The molecule has 2 unspecified atom stereocenters. The minimum atomic E-state index is 0. The summed E-state index contributed by atoms with van der Waals surface area (Å²) in [5.41, 5.74) is 0. The van der Waals surface area contributed by atoms with Crippen LogP contribution in [0.25, 0.3) is 0 Å². The highest BCUT2D eigenvalue weighted by Gasteiger charge is 2.28. The molecule has 0 aromatic heterocycles. The molecule has 1 saturated heterocycles. The number of nitrogens with zero attached hydrogens (tertiary/aromatic N) is 1. The molecule has 0 aromatic carbocycles. The van der Waals surface area contributed by atoms with Gasteiger partial charge in [-0.15, -0.1) is 0 Å². The number of rotatable bonds is 5. The van der Waals surface area contributed by atoms with Crippen molar-refractivity contribution in [3.05, 3.63) is 0 Å². The molecule has 0 aliphatic carbocycles. The van der Waals surface area contributed by atoms with E-state index in [4.69, 9.17) is 0 Å². The van der Waals surface area contributed by atoms with E-state index < -0.39 is 0 Å². The van der Waals surface area contributed by atoms with Crippen LogP contribution in [-0.2, 0) is 4.79 Å². The summed E-state index contributed by atoms with van der Waals surface area (Å²) in [5, 5.41) is 0.374. The van der Waals surface area contributed by atoms with Crippen molar-refractivity contribution in [1.82, 2.24) is 0 Å². The van der Waals surface area contributed by atoms with Gasteiger partial charge in [0.05, 0.1) is 32.4 Å². The number of piperidine rings is 1. The molecule has 1 heterocycles. The summed E-state index contributed by atoms with van der Waals surface area (Å²) in [6, 6.07) is 0. The van der Waals surface area contributed by atoms with E-state index in [1.165, 1.54) is 42.2 Å².